The van der Waals surface area contributed by atoms with Gasteiger partial charge in [0, 0.05) is 30.9 Å². The highest BCUT2D eigenvalue weighted by Crippen LogP contribution is 2.15. The summed E-state index contributed by atoms with van der Waals surface area (Å²) in [7, 11) is 0. The van der Waals surface area contributed by atoms with Crippen LogP contribution in [0.25, 0.3) is 0 Å². The van der Waals surface area contributed by atoms with Crippen molar-refractivity contribution in [1.29, 1.82) is 0 Å². The van der Waals surface area contributed by atoms with E-state index in [0.29, 0.717) is 0 Å². The average Bonchev–Trinajstić information content (AvgIpc) is 2.42. The minimum atomic E-state index is 0.123. The number of carbonyl (C=O) groups is 1. The summed E-state index contributed by atoms with van der Waals surface area (Å²) in [5, 5.41) is 3.43. The number of ketones is 1. The maximum Gasteiger partial charge on any atom is 0.159 e. The van der Waals surface area contributed by atoms with Crippen LogP contribution < -0.4 is 10.2 Å². The van der Waals surface area contributed by atoms with E-state index in [-0.39, 0.29) is 5.78 Å². The van der Waals surface area contributed by atoms with Crippen LogP contribution in [0.5, 0.6) is 0 Å². The predicted octanol–water partition coefficient (Wildman–Crippen LogP) is 3.11. The number of nitrogens with one attached hydrogen (secondary N) is 1. The van der Waals surface area contributed by atoms with E-state index < -0.39 is 0 Å². The van der Waals surface area contributed by atoms with E-state index in [1.54, 1.807) is 6.92 Å². The van der Waals surface area contributed by atoms with Crippen LogP contribution >= 0.6 is 0 Å². The third-order valence-electron chi connectivity index (χ3n) is 3.12. The zero-order valence-electron chi connectivity index (χ0n) is 12.4. The van der Waals surface area contributed by atoms with Crippen molar-refractivity contribution in [3.05, 3.63) is 29.8 Å². The molecule has 0 aliphatic carbocycles. The first-order valence-electron chi connectivity index (χ1n) is 7.25. The lowest BCUT2D eigenvalue weighted by Crippen LogP contribution is -2.33. The molecule has 0 heterocycles. The largest absolute Gasteiger partial charge is 0.370 e. The zero-order valence-corrected chi connectivity index (χ0v) is 12.4. The van der Waals surface area contributed by atoms with Crippen LogP contribution in [0.1, 0.15) is 44.0 Å². The fraction of sp³-hybridized carbons (Fsp3) is 0.562. The van der Waals surface area contributed by atoms with Crippen LogP contribution in [0, 0.1) is 0 Å². The molecular weight excluding hydrogens is 236 g/mol. The van der Waals surface area contributed by atoms with Gasteiger partial charge in [-0.15, -0.1) is 0 Å². The summed E-state index contributed by atoms with van der Waals surface area (Å²) in [6, 6.07) is 7.93. The summed E-state index contributed by atoms with van der Waals surface area (Å²) in [5.41, 5.74) is 1.98. The van der Waals surface area contributed by atoms with Gasteiger partial charge in [-0.25, -0.2) is 0 Å². The molecule has 1 aromatic rings. The fourth-order valence-electron chi connectivity index (χ4n) is 2.06. The van der Waals surface area contributed by atoms with Gasteiger partial charge >= 0.3 is 0 Å². The quantitative estimate of drug-likeness (QED) is 0.548. The SMILES string of the molecule is CCCNCCN(CCC)c1ccc(C(C)=O)cc1. The van der Waals surface area contributed by atoms with E-state index in [1.165, 1.54) is 12.1 Å². The van der Waals surface area contributed by atoms with Gasteiger partial charge in [-0.3, -0.25) is 4.79 Å². The molecule has 0 saturated heterocycles. The van der Waals surface area contributed by atoms with E-state index in [1.807, 2.05) is 24.3 Å². The van der Waals surface area contributed by atoms with Gasteiger partial charge in [-0.2, -0.15) is 0 Å². The Morgan fingerprint density at radius 3 is 2.26 bits per heavy atom. The summed E-state index contributed by atoms with van der Waals surface area (Å²) in [4.78, 5) is 13.6. The van der Waals surface area contributed by atoms with Gasteiger partial charge < -0.3 is 10.2 Å². The van der Waals surface area contributed by atoms with Crippen LogP contribution in [0.3, 0.4) is 0 Å². The summed E-state index contributed by atoms with van der Waals surface area (Å²) in [6.07, 6.45) is 2.29. The molecule has 3 nitrogen and oxygen atoms in total. The second kappa shape index (κ2) is 8.70. The standard InChI is InChI=1S/C16H26N2O/c1-4-10-17-11-13-18(12-5-2)16-8-6-15(7-9-16)14(3)19/h6-9,17H,4-5,10-13H2,1-3H3. The number of carbonyl (C=O) groups excluding carboxylic acids is 1. The molecule has 106 valence electrons. The van der Waals surface area contributed by atoms with Gasteiger partial charge in [-0.1, -0.05) is 13.8 Å². The van der Waals surface area contributed by atoms with Gasteiger partial charge in [-0.05, 0) is 50.6 Å². The monoisotopic (exact) mass is 262 g/mol. The third kappa shape index (κ3) is 5.43. The Labute approximate surface area is 117 Å². The Bertz CT molecular complexity index is 373. The molecule has 3 heteroatoms. The molecule has 0 amide bonds. The fourth-order valence-corrected chi connectivity index (χ4v) is 2.06. The van der Waals surface area contributed by atoms with Gasteiger partial charge in [0.15, 0.2) is 5.78 Å². The number of hydrogen-bond acceptors (Lipinski definition) is 3. The molecule has 0 bridgehead atoms. The molecule has 0 fully saturated rings. The van der Waals surface area contributed by atoms with Crippen LogP contribution in [-0.2, 0) is 0 Å². The van der Waals surface area contributed by atoms with E-state index in [2.05, 4.69) is 24.1 Å². The molecular formula is C16H26N2O. The molecule has 1 aromatic carbocycles. The van der Waals surface area contributed by atoms with E-state index in [4.69, 9.17) is 0 Å². The number of Topliss-reactive ketones (excluding diaryl/α,β-unsaturated/α-hetero) is 1. The molecule has 0 aliphatic rings. The van der Waals surface area contributed by atoms with Crippen molar-refractivity contribution in [3.63, 3.8) is 0 Å². The molecule has 0 atom stereocenters. The van der Waals surface area contributed by atoms with Crippen molar-refractivity contribution < 1.29 is 4.79 Å². The first-order valence-corrected chi connectivity index (χ1v) is 7.25. The van der Waals surface area contributed by atoms with E-state index in [0.717, 1.165) is 38.2 Å². The first-order chi connectivity index (χ1) is 9.19. The van der Waals surface area contributed by atoms with Crippen LogP contribution in [0.15, 0.2) is 24.3 Å². The third-order valence-corrected chi connectivity index (χ3v) is 3.12. The van der Waals surface area contributed by atoms with Gasteiger partial charge in [0.25, 0.3) is 0 Å². The lowest BCUT2D eigenvalue weighted by Gasteiger charge is -2.24. The number of hydrogen-bond donors (Lipinski definition) is 1. The first kappa shape index (κ1) is 15.7. The normalized spacial score (nSPS) is 10.5. The van der Waals surface area contributed by atoms with Crippen LogP contribution in [0.2, 0.25) is 0 Å². The predicted molar refractivity (Wildman–Crippen MR) is 82.1 cm³/mol. The van der Waals surface area contributed by atoms with Crippen molar-refractivity contribution in [3.8, 4) is 0 Å². The molecule has 0 aliphatic heterocycles. The Morgan fingerprint density at radius 2 is 1.74 bits per heavy atom. The Hall–Kier alpha value is -1.35. The molecule has 0 unspecified atom stereocenters. The highest BCUT2D eigenvalue weighted by molar-refractivity contribution is 5.94. The lowest BCUT2D eigenvalue weighted by atomic mass is 10.1. The van der Waals surface area contributed by atoms with Crippen molar-refractivity contribution in [1.82, 2.24) is 5.32 Å². The lowest BCUT2D eigenvalue weighted by molar-refractivity contribution is 0.101. The Balaban J connectivity index is 2.61. The molecule has 0 saturated carbocycles. The number of anilines is 1. The van der Waals surface area contributed by atoms with E-state index >= 15 is 0 Å². The van der Waals surface area contributed by atoms with E-state index in [9.17, 15) is 4.79 Å². The molecule has 1 rings (SSSR count). The second-order valence-corrected chi connectivity index (χ2v) is 4.84. The molecule has 0 spiro atoms. The number of rotatable bonds is 9. The molecule has 19 heavy (non-hydrogen) atoms. The van der Waals surface area contributed by atoms with Crippen molar-refractivity contribution in [2.45, 2.75) is 33.6 Å². The van der Waals surface area contributed by atoms with Crippen molar-refractivity contribution in [2.24, 2.45) is 0 Å². The average molecular weight is 262 g/mol. The smallest absolute Gasteiger partial charge is 0.159 e. The minimum Gasteiger partial charge on any atom is -0.370 e. The van der Waals surface area contributed by atoms with Gasteiger partial charge in [0.05, 0.1) is 0 Å². The maximum absolute atomic E-state index is 11.3. The number of nitrogens with zero attached hydrogens (tertiary/aromatic N) is 1. The van der Waals surface area contributed by atoms with Gasteiger partial charge in [0.1, 0.15) is 0 Å². The molecule has 1 N–H and O–H groups in total. The van der Waals surface area contributed by atoms with Crippen molar-refractivity contribution in [2.75, 3.05) is 31.1 Å². The summed E-state index contributed by atoms with van der Waals surface area (Å²) < 4.78 is 0. The summed E-state index contributed by atoms with van der Waals surface area (Å²) >= 11 is 0. The van der Waals surface area contributed by atoms with Gasteiger partial charge in [0.2, 0.25) is 0 Å². The van der Waals surface area contributed by atoms with Crippen molar-refractivity contribution >= 4 is 11.5 Å². The summed E-state index contributed by atoms with van der Waals surface area (Å²) in [6.45, 7) is 10.1. The minimum absolute atomic E-state index is 0.123. The second-order valence-electron chi connectivity index (χ2n) is 4.84. The zero-order chi connectivity index (χ0) is 14.1. The Morgan fingerprint density at radius 1 is 1.05 bits per heavy atom. The Kier molecular flexibility index (Phi) is 7.19. The molecule has 0 aromatic heterocycles. The maximum atomic E-state index is 11.3. The number of benzene rings is 1. The van der Waals surface area contributed by atoms with Crippen LogP contribution in [0.4, 0.5) is 5.69 Å². The summed E-state index contributed by atoms with van der Waals surface area (Å²) in [5.74, 6) is 0.123. The highest BCUT2D eigenvalue weighted by atomic mass is 16.1. The van der Waals surface area contributed by atoms with Crippen LogP contribution in [-0.4, -0.2) is 32.0 Å². The molecule has 0 radical (unpaired) electrons. The highest BCUT2D eigenvalue weighted by Gasteiger charge is 2.06. The topological polar surface area (TPSA) is 32.3 Å².